The third kappa shape index (κ3) is 3.25. The average molecular weight is 206 g/mol. The van der Waals surface area contributed by atoms with E-state index in [2.05, 4.69) is 11.1 Å². The fourth-order valence-corrected chi connectivity index (χ4v) is 1.27. The minimum atomic E-state index is 0.248. The number of ether oxygens (including phenoxy) is 1. The molecule has 0 aromatic carbocycles. The molecule has 15 heavy (non-hydrogen) atoms. The highest BCUT2D eigenvalue weighted by atomic mass is 16.5. The number of rotatable bonds is 2. The van der Waals surface area contributed by atoms with Crippen LogP contribution in [0.5, 0.6) is 5.88 Å². The van der Waals surface area contributed by atoms with Crippen molar-refractivity contribution in [3.63, 3.8) is 0 Å². The predicted octanol–water partition coefficient (Wildman–Crippen LogP) is 3.11. The molecule has 0 aliphatic heterocycles. The zero-order valence-electron chi connectivity index (χ0n) is 10.0. The molecule has 0 N–H and O–H groups in total. The Hall–Kier alpha value is -1.56. The molecule has 0 saturated heterocycles. The van der Waals surface area contributed by atoms with Gasteiger partial charge in [0.2, 0.25) is 5.88 Å². The smallest absolute Gasteiger partial charge is 0.217 e. The van der Waals surface area contributed by atoms with E-state index in [1.165, 1.54) is 0 Å². The molecule has 3 nitrogen and oxygen atoms in total. The van der Waals surface area contributed by atoms with Crippen LogP contribution in [0.3, 0.4) is 0 Å². The maximum atomic E-state index is 8.85. The Bertz CT molecular complexity index is 340. The maximum absolute atomic E-state index is 8.85. The lowest BCUT2D eigenvalue weighted by Gasteiger charge is -2.11. The Morgan fingerprint density at radius 2 is 2.00 bits per heavy atom. The molecule has 0 aliphatic rings. The molecule has 1 heterocycles. The number of nitrogens with zero attached hydrogens (tertiary/aromatic N) is 2. The molecule has 0 unspecified atom stereocenters. The van der Waals surface area contributed by atoms with Gasteiger partial charge >= 0.3 is 0 Å². The van der Waals surface area contributed by atoms with Gasteiger partial charge in [0.1, 0.15) is 0 Å². The summed E-state index contributed by atoms with van der Waals surface area (Å²) in [6.07, 6.45) is 1.59. The lowest BCUT2D eigenvalue weighted by molar-refractivity contribution is 0.390. The molecule has 0 aliphatic carbocycles. The number of pyridine rings is 1. The maximum Gasteiger partial charge on any atom is 0.217 e. The Morgan fingerprint density at radius 1 is 1.40 bits per heavy atom. The second kappa shape index (κ2) is 6.83. The van der Waals surface area contributed by atoms with Crippen LogP contribution < -0.4 is 4.74 Å². The van der Waals surface area contributed by atoms with Crippen molar-refractivity contribution in [3.05, 3.63) is 23.4 Å². The highest BCUT2D eigenvalue weighted by Crippen LogP contribution is 2.26. The lowest BCUT2D eigenvalue weighted by Crippen LogP contribution is -1.99. The summed E-state index contributed by atoms with van der Waals surface area (Å²) in [6.45, 7) is 8.03. The van der Waals surface area contributed by atoms with Crippen LogP contribution in [0.15, 0.2) is 12.3 Å². The van der Waals surface area contributed by atoms with Gasteiger partial charge in [0, 0.05) is 11.8 Å². The van der Waals surface area contributed by atoms with Gasteiger partial charge in [-0.05, 0) is 12.0 Å². The lowest BCUT2D eigenvalue weighted by atomic mass is 10.00. The molecule has 82 valence electrons. The molecule has 0 radical (unpaired) electrons. The van der Waals surface area contributed by atoms with Crippen LogP contribution in [-0.2, 0) is 0 Å². The first kappa shape index (κ1) is 13.4. The summed E-state index contributed by atoms with van der Waals surface area (Å²) in [5.74, 6) is 0.798. The van der Waals surface area contributed by atoms with Crippen LogP contribution in [0.4, 0.5) is 0 Å². The van der Waals surface area contributed by atoms with Crippen molar-refractivity contribution in [2.45, 2.75) is 33.6 Å². The summed E-state index contributed by atoms with van der Waals surface area (Å²) in [7, 11) is 1.56. The van der Waals surface area contributed by atoms with E-state index in [4.69, 9.17) is 10.00 Å². The molecule has 3 heteroatoms. The van der Waals surface area contributed by atoms with Crippen molar-refractivity contribution >= 4 is 0 Å². The van der Waals surface area contributed by atoms with Crippen molar-refractivity contribution in [1.82, 2.24) is 4.98 Å². The average Bonchev–Trinajstić information content (AvgIpc) is 2.30. The molecule has 0 spiro atoms. The molecular formula is C12H18N2O. The quantitative estimate of drug-likeness (QED) is 0.746. The first-order valence-corrected chi connectivity index (χ1v) is 5.13. The van der Waals surface area contributed by atoms with E-state index in [9.17, 15) is 0 Å². The number of nitriles is 1. The number of hydrogen-bond donors (Lipinski definition) is 0. The standard InChI is InChI=1S/C10H12N2O.C2H6/c1-7(2)9-8(6-11)4-5-12-10(9)13-3;1-2/h4-5,7H,1-3H3;1-2H3. The van der Waals surface area contributed by atoms with E-state index in [1.54, 1.807) is 19.4 Å². The number of hydrogen-bond acceptors (Lipinski definition) is 3. The summed E-state index contributed by atoms with van der Waals surface area (Å²) in [4.78, 5) is 4.05. The van der Waals surface area contributed by atoms with E-state index in [1.807, 2.05) is 27.7 Å². The van der Waals surface area contributed by atoms with Crippen LogP contribution >= 0.6 is 0 Å². The largest absolute Gasteiger partial charge is 0.481 e. The molecule has 0 amide bonds. The second-order valence-corrected chi connectivity index (χ2v) is 3.05. The molecule has 0 fully saturated rings. The van der Waals surface area contributed by atoms with Gasteiger partial charge in [0.15, 0.2) is 0 Å². The van der Waals surface area contributed by atoms with E-state index < -0.39 is 0 Å². The van der Waals surface area contributed by atoms with Crippen LogP contribution in [-0.4, -0.2) is 12.1 Å². The van der Waals surface area contributed by atoms with Gasteiger partial charge < -0.3 is 4.74 Å². The molecule has 1 aromatic heterocycles. The van der Waals surface area contributed by atoms with Crippen LogP contribution in [0, 0.1) is 11.3 Å². The van der Waals surface area contributed by atoms with Crippen LogP contribution in [0.1, 0.15) is 44.7 Å². The molecule has 1 rings (SSSR count). The van der Waals surface area contributed by atoms with Crippen molar-refractivity contribution in [2.75, 3.05) is 7.11 Å². The molecule has 1 aromatic rings. The fraction of sp³-hybridized carbons (Fsp3) is 0.500. The van der Waals surface area contributed by atoms with Gasteiger partial charge in [-0.1, -0.05) is 27.7 Å². The first-order valence-electron chi connectivity index (χ1n) is 5.13. The minimum absolute atomic E-state index is 0.248. The molecule has 0 saturated carbocycles. The van der Waals surface area contributed by atoms with E-state index in [0.717, 1.165) is 5.56 Å². The SMILES string of the molecule is CC.COc1nccc(C#N)c1C(C)C. The number of aromatic nitrogens is 1. The monoisotopic (exact) mass is 206 g/mol. The van der Waals surface area contributed by atoms with Crippen LogP contribution in [0.25, 0.3) is 0 Å². The Morgan fingerprint density at radius 3 is 2.40 bits per heavy atom. The summed E-state index contributed by atoms with van der Waals surface area (Å²) in [6, 6.07) is 3.84. The highest BCUT2D eigenvalue weighted by molar-refractivity contribution is 5.44. The highest BCUT2D eigenvalue weighted by Gasteiger charge is 2.13. The summed E-state index contributed by atoms with van der Waals surface area (Å²) in [5, 5.41) is 8.85. The Kier molecular flexibility index (Phi) is 6.12. The molecule has 0 atom stereocenters. The van der Waals surface area contributed by atoms with Crippen molar-refractivity contribution in [2.24, 2.45) is 0 Å². The second-order valence-electron chi connectivity index (χ2n) is 3.05. The van der Waals surface area contributed by atoms with Crippen LogP contribution in [0.2, 0.25) is 0 Å². The zero-order valence-corrected chi connectivity index (χ0v) is 10.0. The third-order valence-corrected chi connectivity index (χ3v) is 1.84. The van der Waals surface area contributed by atoms with Gasteiger partial charge in [-0.15, -0.1) is 0 Å². The summed E-state index contributed by atoms with van der Waals surface area (Å²) < 4.78 is 5.09. The van der Waals surface area contributed by atoms with Gasteiger partial charge in [-0.2, -0.15) is 5.26 Å². The molecular weight excluding hydrogens is 188 g/mol. The minimum Gasteiger partial charge on any atom is -0.481 e. The first-order chi connectivity index (χ1) is 7.20. The van der Waals surface area contributed by atoms with Crippen molar-refractivity contribution in [3.8, 4) is 11.9 Å². The van der Waals surface area contributed by atoms with Crippen molar-refractivity contribution < 1.29 is 4.74 Å². The molecule has 0 bridgehead atoms. The fourth-order valence-electron chi connectivity index (χ4n) is 1.27. The Labute approximate surface area is 91.7 Å². The zero-order chi connectivity index (χ0) is 11.8. The summed E-state index contributed by atoms with van der Waals surface area (Å²) >= 11 is 0. The number of methoxy groups -OCH3 is 1. The summed E-state index contributed by atoms with van der Waals surface area (Å²) in [5.41, 5.74) is 1.52. The van der Waals surface area contributed by atoms with Gasteiger partial charge in [0.25, 0.3) is 0 Å². The van der Waals surface area contributed by atoms with E-state index in [0.29, 0.717) is 11.4 Å². The van der Waals surface area contributed by atoms with E-state index >= 15 is 0 Å². The van der Waals surface area contributed by atoms with Gasteiger partial charge in [-0.3, -0.25) is 0 Å². The van der Waals surface area contributed by atoms with Crippen molar-refractivity contribution in [1.29, 1.82) is 5.26 Å². The predicted molar refractivity (Wildman–Crippen MR) is 60.9 cm³/mol. The third-order valence-electron chi connectivity index (χ3n) is 1.84. The topological polar surface area (TPSA) is 45.9 Å². The Balaban J connectivity index is 0.000000921. The normalized spacial score (nSPS) is 8.87. The van der Waals surface area contributed by atoms with Gasteiger partial charge in [0.05, 0.1) is 18.7 Å². The van der Waals surface area contributed by atoms with E-state index in [-0.39, 0.29) is 5.92 Å². The van der Waals surface area contributed by atoms with Gasteiger partial charge in [-0.25, -0.2) is 4.98 Å².